The molecule has 0 spiro atoms. The predicted molar refractivity (Wildman–Crippen MR) is 84.6 cm³/mol. The topological polar surface area (TPSA) is 62.8 Å². The van der Waals surface area contributed by atoms with Gasteiger partial charge in [-0.3, -0.25) is 5.41 Å². The molecule has 0 aliphatic carbocycles. The van der Waals surface area contributed by atoms with Crippen LogP contribution in [0.15, 0.2) is 42.5 Å². The summed E-state index contributed by atoms with van der Waals surface area (Å²) in [5.74, 6) is 0.101. The first-order valence-corrected chi connectivity index (χ1v) is 7.24. The van der Waals surface area contributed by atoms with Crippen molar-refractivity contribution in [3.8, 4) is 0 Å². The molecule has 4 heteroatoms. The van der Waals surface area contributed by atoms with Crippen LogP contribution in [0.4, 0.5) is 0 Å². The molecule has 0 aliphatic rings. The number of aromatic nitrogens is 1. The van der Waals surface area contributed by atoms with E-state index in [4.69, 9.17) is 11.1 Å². The van der Waals surface area contributed by atoms with Gasteiger partial charge in [0.15, 0.2) is 0 Å². The van der Waals surface area contributed by atoms with Crippen molar-refractivity contribution in [1.82, 2.24) is 4.98 Å². The molecule has 2 aromatic carbocycles. The minimum Gasteiger partial charge on any atom is -0.383 e. The average molecular weight is 281 g/mol. The average Bonchev–Trinajstić information content (AvgIpc) is 2.80. The van der Waals surface area contributed by atoms with Gasteiger partial charge >= 0.3 is 0 Å². The van der Waals surface area contributed by atoms with Crippen LogP contribution < -0.4 is 5.73 Å². The zero-order valence-electron chi connectivity index (χ0n) is 11.2. The van der Waals surface area contributed by atoms with E-state index in [9.17, 15) is 0 Å². The van der Waals surface area contributed by atoms with Crippen LogP contribution in [0.2, 0.25) is 0 Å². The summed E-state index contributed by atoms with van der Waals surface area (Å²) in [5, 5.41) is 11.0. The maximum atomic E-state index is 7.55. The first-order valence-electron chi connectivity index (χ1n) is 6.42. The van der Waals surface area contributed by atoms with Crippen molar-refractivity contribution >= 4 is 27.9 Å². The highest BCUT2D eigenvalue weighted by Crippen LogP contribution is 2.24. The predicted octanol–water partition coefficient (Wildman–Crippen LogP) is 3.48. The Bertz CT molecular complexity index is 784. The number of benzene rings is 2. The maximum Gasteiger partial charge on any atom is 0.135 e. The van der Waals surface area contributed by atoms with E-state index < -0.39 is 0 Å². The van der Waals surface area contributed by atoms with Crippen molar-refractivity contribution in [3.05, 3.63) is 63.6 Å². The molecule has 100 valence electrons. The van der Waals surface area contributed by atoms with Gasteiger partial charge in [0.25, 0.3) is 0 Å². The Balaban J connectivity index is 2.01. The van der Waals surface area contributed by atoms with Gasteiger partial charge in [0.05, 0.1) is 15.6 Å². The van der Waals surface area contributed by atoms with E-state index in [0.717, 1.165) is 22.0 Å². The minimum atomic E-state index is 0.101. The third kappa shape index (κ3) is 2.30. The lowest BCUT2D eigenvalue weighted by molar-refractivity contribution is 1.11. The zero-order chi connectivity index (χ0) is 14.1. The largest absolute Gasteiger partial charge is 0.383 e. The van der Waals surface area contributed by atoms with Gasteiger partial charge in [-0.15, -0.1) is 11.3 Å². The van der Waals surface area contributed by atoms with E-state index in [1.165, 1.54) is 27.7 Å². The SMILES string of the molecule is Cc1nc(Cc2cccc3ccccc23)sc1C(=N)N. The van der Waals surface area contributed by atoms with Crippen molar-refractivity contribution in [2.45, 2.75) is 13.3 Å². The molecule has 1 heterocycles. The summed E-state index contributed by atoms with van der Waals surface area (Å²) < 4.78 is 0. The van der Waals surface area contributed by atoms with E-state index >= 15 is 0 Å². The van der Waals surface area contributed by atoms with E-state index in [-0.39, 0.29) is 5.84 Å². The lowest BCUT2D eigenvalue weighted by Gasteiger charge is -2.04. The molecular weight excluding hydrogens is 266 g/mol. The summed E-state index contributed by atoms with van der Waals surface area (Å²) in [6.07, 6.45) is 0.778. The second kappa shape index (κ2) is 5.06. The van der Waals surface area contributed by atoms with Crippen LogP contribution in [0.1, 0.15) is 21.1 Å². The molecule has 0 fully saturated rings. The normalized spacial score (nSPS) is 10.8. The molecule has 0 amide bonds. The van der Waals surface area contributed by atoms with Crippen molar-refractivity contribution in [3.63, 3.8) is 0 Å². The number of nitrogens with zero attached hydrogens (tertiary/aromatic N) is 1. The second-order valence-corrected chi connectivity index (χ2v) is 5.83. The Morgan fingerprint density at radius 2 is 1.95 bits per heavy atom. The van der Waals surface area contributed by atoms with Crippen LogP contribution in [0.5, 0.6) is 0 Å². The summed E-state index contributed by atoms with van der Waals surface area (Å²) in [7, 11) is 0. The molecule has 0 bridgehead atoms. The second-order valence-electron chi connectivity index (χ2n) is 4.75. The molecule has 0 unspecified atom stereocenters. The van der Waals surface area contributed by atoms with Gasteiger partial charge in [0.2, 0.25) is 0 Å². The molecule has 1 aromatic heterocycles. The third-order valence-corrected chi connectivity index (χ3v) is 4.50. The maximum absolute atomic E-state index is 7.55. The number of nitrogens with two attached hydrogens (primary N) is 1. The lowest BCUT2D eigenvalue weighted by atomic mass is 10.0. The van der Waals surface area contributed by atoms with Crippen molar-refractivity contribution in [2.75, 3.05) is 0 Å². The summed E-state index contributed by atoms with van der Waals surface area (Å²) in [5.41, 5.74) is 7.67. The number of amidine groups is 1. The zero-order valence-corrected chi connectivity index (χ0v) is 12.0. The third-order valence-electron chi connectivity index (χ3n) is 3.31. The van der Waals surface area contributed by atoms with Crippen molar-refractivity contribution in [1.29, 1.82) is 5.41 Å². The van der Waals surface area contributed by atoms with Crippen LogP contribution in [0.25, 0.3) is 10.8 Å². The first-order chi connectivity index (χ1) is 9.65. The van der Waals surface area contributed by atoms with Gasteiger partial charge in [0, 0.05) is 6.42 Å². The number of fused-ring (bicyclic) bond motifs is 1. The van der Waals surface area contributed by atoms with E-state index in [1.807, 2.05) is 13.0 Å². The highest BCUT2D eigenvalue weighted by atomic mass is 32.1. The Hall–Kier alpha value is -2.20. The molecule has 0 atom stereocenters. The number of aryl methyl sites for hydroxylation is 1. The summed E-state index contributed by atoms with van der Waals surface area (Å²) >= 11 is 1.51. The Morgan fingerprint density at radius 3 is 2.70 bits per heavy atom. The molecule has 0 saturated heterocycles. The molecule has 20 heavy (non-hydrogen) atoms. The van der Waals surface area contributed by atoms with Gasteiger partial charge in [-0.05, 0) is 23.3 Å². The van der Waals surface area contributed by atoms with Gasteiger partial charge in [-0.25, -0.2) is 4.98 Å². The number of thiazole rings is 1. The first kappa shape index (κ1) is 12.8. The number of nitrogen functional groups attached to an aromatic ring is 1. The Kier molecular flexibility index (Phi) is 3.24. The minimum absolute atomic E-state index is 0.101. The fourth-order valence-corrected chi connectivity index (χ4v) is 3.34. The van der Waals surface area contributed by atoms with Crippen LogP contribution >= 0.6 is 11.3 Å². The number of hydrogen-bond acceptors (Lipinski definition) is 3. The van der Waals surface area contributed by atoms with Gasteiger partial charge in [0.1, 0.15) is 5.84 Å². The van der Waals surface area contributed by atoms with Crippen molar-refractivity contribution < 1.29 is 0 Å². The number of nitrogens with one attached hydrogen (secondary N) is 1. The fourth-order valence-electron chi connectivity index (χ4n) is 2.39. The van der Waals surface area contributed by atoms with Gasteiger partial charge < -0.3 is 5.73 Å². The van der Waals surface area contributed by atoms with Crippen LogP contribution in [0, 0.1) is 12.3 Å². The molecule has 0 radical (unpaired) electrons. The van der Waals surface area contributed by atoms with E-state index in [1.54, 1.807) is 0 Å². The van der Waals surface area contributed by atoms with E-state index in [0.29, 0.717) is 0 Å². The highest BCUT2D eigenvalue weighted by molar-refractivity contribution is 7.13. The van der Waals surface area contributed by atoms with Crippen LogP contribution in [-0.2, 0) is 6.42 Å². The lowest BCUT2D eigenvalue weighted by Crippen LogP contribution is -2.10. The molecule has 0 saturated carbocycles. The molecule has 3 aromatic rings. The Morgan fingerprint density at radius 1 is 1.20 bits per heavy atom. The molecular formula is C16H15N3S. The quantitative estimate of drug-likeness (QED) is 0.570. The summed E-state index contributed by atoms with van der Waals surface area (Å²) in [6, 6.07) is 14.7. The standard InChI is InChI=1S/C16H15N3S/c1-10-15(16(17)18)20-14(19-10)9-12-7-4-6-11-5-2-3-8-13(11)12/h2-8H,9H2,1H3,(H3,17,18). The smallest absolute Gasteiger partial charge is 0.135 e. The van der Waals surface area contributed by atoms with Crippen molar-refractivity contribution in [2.24, 2.45) is 5.73 Å². The molecule has 0 aliphatic heterocycles. The van der Waals surface area contributed by atoms with Gasteiger partial charge in [-0.2, -0.15) is 0 Å². The van der Waals surface area contributed by atoms with Crippen LogP contribution in [-0.4, -0.2) is 10.8 Å². The summed E-state index contributed by atoms with van der Waals surface area (Å²) in [6.45, 7) is 1.90. The number of hydrogen-bond donors (Lipinski definition) is 2. The monoisotopic (exact) mass is 281 g/mol. The fraction of sp³-hybridized carbons (Fsp3) is 0.125. The van der Waals surface area contributed by atoms with E-state index in [2.05, 4.69) is 41.4 Å². The molecule has 3 rings (SSSR count). The summed E-state index contributed by atoms with van der Waals surface area (Å²) in [4.78, 5) is 5.31. The van der Waals surface area contributed by atoms with Gasteiger partial charge in [-0.1, -0.05) is 42.5 Å². The Labute approximate surface area is 121 Å². The van der Waals surface area contributed by atoms with Crippen LogP contribution in [0.3, 0.4) is 0 Å². The molecule has 3 nitrogen and oxygen atoms in total. The number of rotatable bonds is 3. The molecule has 3 N–H and O–H groups in total. The highest BCUT2D eigenvalue weighted by Gasteiger charge is 2.11.